The van der Waals surface area contributed by atoms with Gasteiger partial charge in [-0.15, -0.1) is 0 Å². The SMILES string of the molecule is COc1cc(C2(C(=O)O)CCCCC2)cc2c1OCO2. The van der Waals surface area contributed by atoms with Crippen molar-refractivity contribution in [2.75, 3.05) is 13.9 Å². The summed E-state index contributed by atoms with van der Waals surface area (Å²) in [6.45, 7) is 0.148. The molecule has 1 aliphatic heterocycles. The van der Waals surface area contributed by atoms with Crippen LogP contribution in [0.15, 0.2) is 12.1 Å². The van der Waals surface area contributed by atoms with E-state index in [4.69, 9.17) is 14.2 Å². The number of aliphatic carboxylic acids is 1. The summed E-state index contributed by atoms with van der Waals surface area (Å²) in [6, 6.07) is 3.58. The maximum atomic E-state index is 11.9. The number of benzene rings is 1. The van der Waals surface area contributed by atoms with Crippen LogP contribution in [0.2, 0.25) is 0 Å². The highest BCUT2D eigenvalue weighted by Gasteiger charge is 2.42. The third kappa shape index (κ3) is 1.88. The minimum absolute atomic E-state index is 0.148. The second-order valence-corrected chi connectivity index (χ2v) is 5.36. The minimum Gasteiger partial charge on any atom is -0.493 e. The summed E-state index contributed by atoms with van der Waals surface area (Å²) in [4.78, 5) is 11.9. The zero-order valence-electron chi connectivity index (χ0n) is 11.5. The van der Waals surface area contributed by atoms with Crippen LogP contribution in [0.3, 0.4) is 0 Å². The summed E-state index contributed by atoms with van der Waals surface area (Å²) in [5.41, 5.74) is -0.0715. The Morgan fingerprint density at radius 3 is 2.65 bits per heavy atom. The molecule has 3 rings (SSSR count). The molecule has 1 aliphatic carbocycles. The van der Waals surface area contributed by atoms with Crippen LogP contribution in [-0.4, -0.2) is 25.0 Å². The van der Waals surface area contributed by atoms with E-state index in [1.807, 2.05) is 0 Å². The van der Waals surface area contributed by atoms with Crippen LogP contribution in [-0.2, 0) is 10.2 Å². The van der Waals surface area contributed by atoms with E-state index in [0.717, 1.165) is 24.8 Å². The van der Waals surface area contributed by atoms with E-state index >= 15 is 0 Å². The number of rotatable bonds is 3. The van der Waals surface area contributed by atoms with Crippen molar-refractivity contribution in [1.29, 1.82) is 0 Å². The van der Waals surface area contributed by atoms with Crippen molar-refractivity contribution in [3.63, 3.8) is 0 Å². The molecule has 1 aromatic carbocycles. The summed E-state index contributed by atoms with van der Waals surface area (Å²) in [5.74, 6) is 0.914. The maximum absolute atomic E-state index is 11.9. The Balaban J connectivity index is 2.10. The number of carbonyl (C=O) groups is 1. The van der Waals surface area contributed by atoms with E-state index in [0.29, 0.717) is 30.1 Å². The van der Waals surface area contributed by atoms with Gasteiger partial charge >= 0.3 is 5.97 Å². The number of carboxylic acid groups (broad SMARTS) is 1. The normalized spacial score (nSPS) is 19.6. The molecule has 5 nitrogen and oxygen atoms in total. The van der Waals surface area contributed by atoms with Gasteiger partial charge in [0, 0.05) is 0 Å². The van der Waals surface area contributed by atoms with Crippen molar-refractivity contribution < 1.29 is 24.1 Å². The van der Waals surface area contributed by atoms with Crippen LogP contribution in [0.1, 0.15) is 37.7 Å². The molecule has 1 heterocycles. The molecule has 0 spiro atoms. The van der Waals surface area contributed by atoms with E-state index in [2.05, 4.69) is 0 Å². The lowest BCUT2D eigenvalue weighted by molar-refractivity contribution is -0.145. The number of methoxy groups -OCH3 is 1. The van der Waals surface area contributed by atoms with E-state index in [1.54, 1.807) is 19.2 Å². The Morgan fingerprint density at radius 1 is 1.25 bits per heavy atom. The van der Waals surface area contributed by atoms with Gasteiger partial charge in [0.2, 0.25) is 12.5 Å². The molecule has 1 aromatic rings. The average molecular weight is 278 g/mol. The minimum atomic E-state index is -0.827. The van der Waals surface area contributed by atoms with Crippen LogP contribution in [0.4, 0.5) is 0 Å². The fourth-order valence-corrected chi connectivity index (χ4v) is 3.19. The van der Waals surface area contributed by atoms with Crippen molar-refractivity contribution in [2.24, 2.45) is 0 Å². The zero-order valence-corrected chi connectivity index (χ0v) is 11.5. The summed E-state index contributed by atoms with van der Waals surface area (Å²) >= 11 is 0. The van der Waals surface area contributed by atoms with Gasteiger partial charge in [0.25, 0.3) is 0 Å². The van der Waals surface area contributed by atoms with E-state index in [1.165, 1.54) is 0 Å². The molecule has 1 fully saturated rings. The molecule has 1 N–H and O–H groups in total. The third-order valence-electron chi connectivity index (χ3n) is 4.33. The molecule has 0 amide bonds. The third-order valence-corrected chi connectivity index (χ3v) is 4.33. The van der Waals surface area contributed by atoms with E-state index in [9.17, 15) is 9.90 Å². The predicted molar refractivity (Wildman–Crippen MR) is 71.5 cm³/mol. The number of hydrogen-bond donors (Lipinski definition) is 1. The standard InChI is InChI=1S/C15H18O5/c1-18-11-7-10(8-12-13(11)20-9-19-12)15(14(16)17)5-3-2-4-6-15/h7-8H,2-6,9H2,1H3,(H,16,17). The van der Waals surface area contributed by atoms with Crippen LogP contribution >= 0.6 is 0 Å². The fourth-order valence-electron chi connectivity index (χ4n) is 3.19. The second kappa shape index (κ2) is 4.89. The molecule has 5 heteroatoms. The van der Waals surface area contributed by atoms with Crippen LogP contribution < -0.4 is 14.2 Å². The Morgan fingerprint density at radius 2 is 2.00 bits per heavy atom. The highest BCUT2D eigenvalue weighted by molar-refractivity contribution is 5.82. The lowest BCUT2D eigenvalue weighted by atomic mass is 9.69. The van der Waals surface area contributed by atoms with Crippen molar-refractivity contribution in [3.05, 3.63) is 17.7 Å². The Labute approximate surface area is 117 Å². The molecule has 0 bridgehead atoms. The monoisotopic (exact) mass is 278 g/mol. The van der Waals surface area contributed by atoms with Gasteiger partial charge < -0.3 is 19.3 Å². The van der Waals surface area contributed by atoms with Gasteiger partial charge in [-0.1, -0.05) is 19.3 Å². The molecule has 1 saturated carbocycles. The van der Waals surface area contributed by atoms with Crippen LogP contribution in [0.25, 0.3) is 0 Å². The Hall–Kier alpha value is -1.91. The number of hydrogen-bond acceptors (Lipinski definition) is 4. The topological polar surface area (TPSA) is 65.0 Å². The first kappa shape index (κ1) is 13.1. The summed E-state index contributed by atoms with van der Waals surface area (Å²) in [7, 11) is 1.55. The summed E-state index contributed by atoms with van der Waals surface area (Å²) in [5, 5.41) is 9.74. The predicted octanol–water partition coefficient (Wildman–Crippen LogP) is 2.71. The number of fused-ring (bicyclic) bond motifs is 1. The quantitative estimate of drug-likeness (QED) is 0.921. The highest BCUT2D eigenvalue weighted by Crippen LogP contribution is 2.48. The van der Waals surface area contributed by atoms with Crippen molar-refractivity contribution in [1.82, 2.24) is 0 Å². The highest BCUT2D eigenvalue weighted by atomic mass is 16.7. The van der Waals surface area contributed by atoms with Crippen molar-refractivity contribution in [3.8, 4) is 17.2 Å². The van der Waals surface area contributed by atoms with Gasteiger partial charge in [-0.2, -0.15) is 0 Å². The summed E-state index contributed by atoms with van der Waals surface area (Å²) in [6.07, 6.45) is 4.28. The van der Waals surface area contributed by atoms with Gasteiger partial charge in [-0.05, 0) is 30.5 Å². The van der Waals surface area contributed by atoms with Gasteiger partial charge in [0.1, 0.15) is 0 Å². The maximum Gasteiger partial charge on any atom is 0.314 e. The first-order valence-electron chi connectivity index (χ1n) is 6.89. The molecular weight excluding hydrogens is 260 g/mol. The largest absolute Gasteiger partial charge is 0.493 e. The van der Waals surface area contributed by atoms with Gasteiger partial charge in [-0.25, -0.2) is 0 Å². The van der Waals surface area contributed by atoms with Crippen molar-refractivity contribution >= 4 is 5.97 Å². The van der Waals surface area contributed by atoms with Gasteiger partial charge in [-0.3, -0.25) is 4.79 Å². The molecule has 20 heavy (non-hydrogen) atoms. The lowest BCUT2D eigenvalue weighted by Crippen LogP contribution is -2.37. The molecular formula is C15H18O5. The summed E-state index contributed by atoms with van der Waals surface area (Å²) < 4.78 is 16.1. The average Bonchev–Trinajstić information content (AvgIpc) is 2.95. The Bertz CT molecular complexity index is 531. The molecule has 0 atom stereocenters. The molecule has 0 aromatic heterocycles. The number of ether oxygens (including phenoxy) is 3. The Kier molecular flexibility index (Phi) is 3.20. The van der Waals surface area contributed by atoms with Crippen LogP contribution in [0, 0.1) is 0 Å². The van der Waals surface area contributed by atoms with Gasteiger partial charge in [0.05, 0.1) is 12.5 Å². The first-order chi connectivity index (χ1) is 9.67. The molecule has 108 valence electrons. The lowest BCUT2D eigenvalue weighted by Gasteiger charge is -2.33. The fraction of sp³-hybridized carbons (Fsp3) is 0.533. The smallest absolute Gasteiger partial charge is 0.314 e. The van der Waals surface area contributed by atoms with Crippen molar-refractivity contribution in [2.45, 2.75) is 37.5 Å². The van der Waals surface area contributed by atoms with E-state index < -0.39 is 11.4 Å². The molecule has 0 saturated heterocycles. The van der Waals surface area contributed by atoms with E-state index in [-0.39, 0.29) is 6.79 Å². The molecule has 0 radical (unpaired) electrons. The number of carboxylic acids is 1. The molecule has 2 aliphatic rings. The molecule has 0 unspecified atom stereocenters. The van der Waals surface area contributed by atoms with Gasteiger partial charge in [0.15, 0.2) is 11.5 Å². The first-order valence-corrected chi connectivity index (χ1v) is 6.89. The van der Waals surface area contributed by atoms with Crippen LogP contribution in [0.5, 0.6) is 17.2 Å². The zero-order chi connectivity index (χ0) is 14.2. The second-order valence-electron chi connectivity index (χ2n) is 5.36.